The maximum absolute atomic E-state index is 12.9. The SMILES string of the molecule is NS(=O)(=O)CCc1ccc(F)cc1F. The Morgan fingerprint density at radius 2 is 1.93 bits per heavy atom. The largest absolute Gasteiger partial charge is 0.229 e. The van der Waals surface area contributed by atoms with Gasteiger partial charge in [0.1, 0.15) is 11.6 Å². The fourth-order valence-electron chi connectivity index (χ4n) is 0.977. The second kappa shape index (κ2) is 4.02. The Morgan fingerprint density at radius 1 is 1.29 bits per heavy atom. The third-order valence-corrected chi connectivity index (χ3v) is 2.44. The molecule has 78 valence electrons. The van der Waals surface area contributed by atoms with Crippen molar-refractivity contribution in [2.75, 3.05) is 5.75 Å². The molecule has 1 rings (SSSR count). The second-order valence-electron chi connectivity index (χ2n) is 2.85. The number of aryl methyl sites for hydroxylation is 1. The van der Waals surface area contributed by atoms with Crippen LogP contribution in [-0.4, -0.2) is 14.2 Å². The Balaban J connectivity index is 2.78. The zero-order valence-electron chi connectivity index (χ0n) is 7.20. The smallest absolute Gasteiger partial charge is 0.209 e. The van der Waals surface area contributed by atoms with Gasteiger partial charge in [-0.3, -0.25) is 0 Å². The molecule has 2 N–H and O–H groups in total. The number of nitrogens with two attached hydrogens (primary N) is 1. The lowest BCUT2D eigenvalue weighted by atomic mass is 10.1. The van der Waals surface area contributed by atoms with E-state index in [-0.39, 0.29) is 17.7 Å². The van der Waals surface area contributed by atoms with Crippen molar-refractivity contribution in [3.8, 4) is 0 Å². The minimum atomic E-state index is -3.61. The first-order chi connectivity index (χ1) is 6.38. The summed E-state index contributed by atoms with van der Waals surface area (Å²) in [5.41, 5.74) is 0.139. The number of halogens is 2. The van der Waals surface area contributed by atoms with Gasteiger partial charge >= 0.3 is 0 Å². The van der Waals surface area contributed by atoms with Crippen molar-refractivity contribution in [3.05, 3.63) is 35.4 Å². The molecule has 0 aromatic heterocycles. The normalized spacial score (nSPS) is 11.6. The Bertz CT molecular complexity index is 431. The summed E-state index contributed by atoms with van der Waals surface area (Å²) in [6.07, 6.45) is -0.0506. The molecule has 0 saturated carbocycles. The lowest BCUT2D eigenvalue weighted by molar-refractivity contribution is 0.572. The standard InChI is InChI=1S/C8H9F2NO2S/c9-7-2-1-6(8(10)5-7)3-4-14(11,12)13/h1-2,5H,3-4H2,(H2,11,12,13). The number of hydrogen-bond donors (Lipinski definition) is 1. The fourth-order valence-corrected chi connectivity index (χ4v) is 1.48. The fraction of sp³-hybridized carbons (Fsp3) is 0.250. The van der Waals surface area contributed by atoms with E-state index in [0.29, 0.717) is 6.07 Å². The van der Waals surface area contributed by atoms with E-state index in [1.54, 1.807) is 0 Å². The molecule has 0 atom stereocenters. The summed E-state index contributed by atoms with van der Waals surface area (Å²) in [5, 5.41) is 4.74. The lowest BCUT2D eigenvalue weighted by Crippen LogP contribution is -2.18. The van der Waals surface area contributed by atoms with Crippen LogP contribution < -0.4 is 5.14 Å². The van der Waals surface area contributed by atoms with E-state index in [1.807, 2.05) is 0 Å². The molecule has 14 heavy (non-hydrogen) atoms. The quantitative estimate of drug-likeness (QED) is 0.820. The number of hydrogen-bond acceptors (Lipinski definition) is 2. The van der Waals surface area contributed by atoms with Gasteiger partial charge in [-0.1, -0.05) is 6.07 Å². The third kappa shape index (κ3) is 3.39. The molecule has 0 aliphatic carbocycles. The minimum absolute atomic E-state index is 0.0506. The zero-order chi connectivity index (χ0) is 10.8. The number of sulfonamides is 1. The Hall–Kier alpha value is -1.01. The molecule has 6 heteroatoms. The van der Waals surface area contributed by atoms with E-state index in [1.165, 1.54) is 6.07 Å². The van der Waals surface area contributed by atoms with Gasteiger partial charge in [0, 0.05) is 6.07 Å². The molecule has 0 heterocycles. The second-order valence-corrected chi connectivity index (χ2v) is 4.59. The summed E-state index contributed by atoms with van der Waals surface area (Å²) in [5.74, 6) is -1.80. The van der Waals surface area contributed by atoms with Crippen molar-refractivity contribution in [1.82, 2.24) is 0 Å². The van der Waals surface area contributed by atoms with Crippen LogP contribution in [-0.2, 0) is 16.4 Å². The third-order valence-electron chi connectivity index (χ3n) is 1.67. The summed E-state index contributed by atoms with van der Waals surface area (Å²) >= 11 is 0. The summed E-state index contributed by atoms with van der Waals surface area (Å²) in [6, 6.07) is 2.98. The molecule has 0 aliphatic rings. The van der Waals surface area contributed by atoms with Gasteiger partial charge in [-0.2, -0.15) is 0 Å². The topological polar surface area (TPSA) is 60.2 Å². The summed E-state index contributed by atoms with van der Waals surface area (Å²) in [6.45, 7) is 0. The molecule has 0 unspecified atom stereocenters. The lowest BCUT2D eigenvalue weighted by Gasteiger charge is -2.01. The van der Waals surface area contributed by atoms with Crippen LogP contribution in [0.5, 0.6) is 0 Å². The van der Waals surface area contributed by atoms with Crippen LogP contribution in [0.2, 0.25) is 0 Å². The van der Waals surface area contributed by atoms with Gasteiger partial charge in [-0.05, 0) is 18.1 Å². The molecule has 0 aliphatic heterocycles. The Morgan fingerprint density at radius 3 is 2.43 bits per heavy atom. The number of rotatable bonds is 3. The van der Waals surface area contributed by atoms with Gasteiger partial charge in [0.2, 0.25) is 10.0 Å². The van der Waals surface area contributed by atoms with E-state index >= 15 is 0 Å². The first-order valence-electron chi connectivity index (χ1n) is 3.83. The molecule has 3 nitrogen and oxygen atoms in total. The molecule has 0 saturated heterocycles. The van der Waals surface area contributed by atoms with Gasteiger partial charge in [0.25, 0.3) is 0 Å². The van der Waals surface area contributed by atoms with E-state index in [9.17, 15) is 17.2 Å². The van der Waals surface area contributed by atoms with Crippen LogP contribution in [0.25, 0.3) is 0 Å². The molecule has 0 bridgehead atoms. The minimum Gasteiger partial charge on any atom is -0.229 e. The van der Waals surface area contributed by atoms with Gasteiger partial charge in [0.05, 0.1) is 5.75 Å². The molecule has 0 radical (unpaired) electrons. The molecule has 1 aromatic rings. The highest BCUT2D eigenvalue weighted by Crippen LogP contribution is 2.10. The number of primary sulfonamides is 1. The van der Waals surface area contributed by atoms with Crippen molar-refractivity contribution in [2.45, 2.75) is 6.42 Å². The predicted molar refractivity (Wildman–Crippen MR) is 48.0 cm³/mol. The van der Waals surface area contributed by atoms with Crippen molar-refractivity contribution in [1.29, 1.82) is 0 Å². The average molecular weight is 221 g/mol. The Kier molecular flexibility index (Phi) is 3.17. The molecule has 0 fully saturated rings. The molecular weight excluding hydrogens is 212 g/mol. The zero-order valence-corrected chi connectivity index (χ0v) is 8.02. The van der Waals surface area contributed by atoms with Crippen molar-refractivity contribution in [3.63, 3.8) is 0 Å². The van der Waals surface area contributed by atoms with Crippen LogP contribution in [0.4, 0.5) is 8.78 Å². The average Bonchev–Trinajstić information content (AvgIpc) is 2.00. The predicted octanol–water partition coefficient (Wildman–Crippen LogP) is 0.796. The van der Waals surface area contributed by atoms with E-state index < -0.39 is 21.7 Å². The van der Waals surface area contributed by atoms with Crippen LogP contribution >= 0.6 is 0 Å². The summed E-state index contributed by atoms with van der Waals surface area (Å²) in [7, 11) is -3.61. The molecular formula is C8H9F2NO2S. The molecule has 1 aromatic carbocycles. The van der Waals surface area contributed by atoms with Crippen molar-refractivity contribution >= 4 is 10.0 Å². The Labute approximate surface area is 80.6 Å². The van der Waals surface area contributed by atoms with Gasteiger partial charge in [0.15, 0.2) is 0 Å². The van der Waals surface area contributed by atoms with Gasteiger partial charge < -0.3 is 0 Å². The maximum Gasteiger partial charge on any atom is 0.209 e. The number of benzene rings is 1. The molecule has 0 spiro atoms. The highest BCUT2D eigenvalue weighted by molar-refractivity contribution is 7.89. The van der Waals surface area contributed by atoms with Crippen molar-refractivity contribution < 1.29 is 17.2 Å². The monoisotopic (exact) mass is 221 g/mol. The van der Waals surface area contributed by atoms with E-state index in [2.05, 4.69) is 0 Å². The van der Waals surface area contributed by atoms with E-state index in [0.717, 1.165) is 6.07 Å². The van der Waals surface area contributed by atoms with Crippen molar-refractivity contribution in [2.24, 2.45) is 5.14 Å². The summed E-state index contributed by atoms with van der Waals surface area (Å²) in [4.78, 5) is 0. The highest BCUT2D eigenvalue weighted by Gasteiger charge is 2.07. The van der Waals surface area contributed by atoms with Gasteiger partial charge in [-0.15, -0.1) is 0 Å². The van der Waals surface area contributed by atoms with Crippen LogP contribution in [0.3, 0.4) is 0 Å². The molecule has 0 amide bonds. The van der Waals surface area contributed by atoms with Gasteiger partial charge in [-0.25, -0.2) is 22.3 Å². The van der Waals surface area contributed by atoms with Crippen LogP contribution in [0, 0.1) is 11.6 Å². The van der Waals surface area contributed by atoms with E-state index in [4.69, 9.17) is 5.14 Å². The van der Waals surface area contributed by atoms with Crippen LogP contribution in [0.1, 0.15) is 5.56 Å². The first-order valence-corrected chi connectivity index (χ1v) is 5.54. The summed E-state index contributed by atoms with van der Waals surface area (Å²) < 4.78 is 46.5. The van der Waals surface area contributed by atoms with Crippen LogP contribution in [0.15, 0.2) is 18.2 Å². The highest BCUT2D eigenvalue weighted by atomic mass is 32.2. The first kappa shape index (κ1) is 11.1. The maximum atomic E-state index is 12.9.